The molecule has 35 heavy (non-hydrogen) atoms. The van der Waals surface area contributed by atoms with Gasteiger partial charge in [-0.15, -0.1) is 0 Å². The molecule has 1 atom stereocenters. The van der Waals surface area contributed by atoms with E-state index in [1.54, 1.807) is 50.2 Å². The monoisotopic (exact) mass is 485 g/mol. The first-order valence-electron chi connectivity index (χ1n) is 11.1. The normalized spacial score (nSPS) is 12.7. The van der Waals surface area contributed by atoms with Gasteiger partial charge in [-0.05, 0) is 74.4 Å². The van der Waals surface area contributed by atoms with Crippen molar-refractivity contribution in [2.75, 3.05) is 27.5 Å². The number of methoxy groups -OCH3 is 2. The molecule has 1 aromatic heterocycles. The van der Waals surface area contributed by atoms with Crippen molar-refractivity contribution >= 4 is 5.78 Å². The molecule has 0 radical (unpaired) electrons. The second kappa shape index (κ2) is 11.3. The average molecular weight is 486 g/mol. The average Bonchev–Trinajstić information content (AvgIpc) is 2.87. The van der Waals surface area contributed by atoms with Crippen LogP contribution in [0.1, 0.15) is 41.4 Å². The van der Waals surface area contributed by atoms with Crippen LogP contribution in [-0.2, 0) is 5.60 Å². The Morgan fingerprint density at radius 2 is 1.74 bits per heavy atom. The van der Waals surface area contributed by atoms with Gasteiger partial charge < -0.3 is 19.3 Å². The van der Waals surface area contributed by atoms with E-state index in [4.69, 9.17) is 14.2 Å². The molecule has 0 spiro atoms. The predicted molar refractivity (Wildman–Crippen MR) is 129 cm³/mol. The fourth-order valence-corrected chi connectivity index (χ4v) is 3.65. The van der Waals surface area contributed by atoms with E-state index < -0.39 is 12.3 Å². The van der Waals surface area contributed by atoms with Crippen molar-refractivity contribution in [3.63, 3.8) is 0 Å². The lowest BCUT2D eigenvalue weighted by Gasteiger charge is -2.24. The van der Waals surface area contributed by atoms with Crippen LogP contribution in [0.4, 0.5) is 8.78 Å². The fraction of sp³-hybridized carbons (Fsp3) is 0.333. The number of Topliss-reactive ketones (excluding diaryl/α,β-unsaturated/α-hetero) is 1. The zero-order valence-corrected chi connectivity index (χ0v) is 20.2. The van der Waals surface area contributed by atoms with E-state index in [1.807, 2.05) is 0 Å². The number of halogens is 2. The van der Waals surface area contributed by atoms with Crippen molar-refractivity contribution in [2.24, 2.45) is 0 Å². The van der Waals surface area contributed by atoms with Crippen molar-refractivity contribution in [1.82, 2.24) is 4.98 Å². The third-order valence-corrected chi connectivity index (χ3v) is 5.72. The molecule has 0 amide bonds. The molecule has 0 bridgehead atoms. The standard InChI is InChI=1S/C27H29F2NO5/c1-17-15-19(5-7-20(17)29)26-23(33-3)9-10-25(30-26)27(2,32)12-11-21(31)18-6-8-22(35-14-13-28)24(16-18)34-4/h5-10,15-16,32H,11-14H2,1-4H3/t27-/m0/s1. The summed E-state index contributed by atoms with van der Waals surface area (Å²) >= 11 is 0. The molecule has 0 saturated carbocycles. The molecule has 0 aliphatic heterocycles. The van der Waals surface area contributed by atoms with Crippen molar-refractivity contribution in [1.29, 1.82) is 0 Å². The van der Waals surface area contributed by atoms with Gasteiger partial charge in [-0.1, -0.05) is 0 Å². The summed E-state index contributed by atoms with van der Waals surface area (Å²) in [6, 6.07) is 12.6. The first-order valence-corrected chi connectivity index (χ1v) is 11.1. The summed E-state index contributed by atoms with van der Waals surface area (Å²) in [7, 11) is 2.95. The van der Waals surface area contributed by atoms with Gasteiger partial charge in [0.25, 0.3) is 0 Å². The maximum absolute atomic E-state index is 13.8. The van der Waals surface area contributed by atoms with Gasteiger partial charge >= 0.3 is 0 Å². The molecule has 0 aliphatic rings. The SMILES string of the molecule is COc1cc(C(=O)CC[C@](C)(O)c2ccc(OC)c(-c3ccc(F)c(C)c3)n2)ccc1OCCF. The van der Waals surface area contributed by atoms with E-state index in [1.165, 1.54) is 26.4 Å². The minimum Gasteiger partial charge on any atom is -0.494 e. The Morgan fingerprint density at radius 3 is 2.40 bits per heavy atom. The van der Waals surface area contributed by atoms with E-state index >= 15 is 0 Å². The van der Waals surface area contributed by atoms with Gasteiger partial charge in [-0.2, -0.15) is 0 Å². The second-order valence-electron chi connectivity index (χ2n) is 8.31. The summed E-state index contributed by atoms with van der Waals surface area (Å²) in [6.07, 6.45) is 0.148. The summed E-state index contributed by atoms with van der Waals surface area (Å²) in [5.74, 6) is 0.622. The Morgan fingerprint density at radius 1 is 1.03 bits per heavy atom. The van der Waals surface area contributed by atoms with Gasteiger partial charge in [-0.25, -0.2) is 13.8 Å². The third-order valence-electron chi connectivity index (χ3n) is 5.72. The van der Waals surface area contributed by atoms with Gasteiger partial charge in [0.15, 0.2) is 17.3 Å². The van der Waals surface area contributed by atoms with Gasteiger partial charge in [0.1, 0.15) is 36.1 Å². The first kappa shape index (κ1) is 26.1. The Balaban J connectivity index is 1.80. The fourth-order valence-electron chi connectivity index (χ4n) is 3.65. The number of hydrogen-bond donors (Lipinski definition) is 1. The molecule has 1 N–H and O–H groups in total. The number of aliphatic hydroxyl groups is 1. The quantitative estimate of drug-likeness (QED) is 0.365. The number of ether oxygens (including phenoxy) is 3. The van der Waals surface area contributed by atoms with Crippen LogP contribution < -0.4 is 14.2 Å². The minimum absolute atomic E-state index is 0.0412. The van der Waals surface area contributed by atoms with E-state index in [-0.39, 0.29) is 31.0 Å². The highest BCUT2D eigenvalue weighted by Crippen LogP contribution is 2.34. The van der Waals surface area contributed by atoms with Crippen LogP contribution in [0.5, 0.6) is 17.2 Å². The van der Waals surface area contributed by atoms with Crippen LogP contribution in [-0.4, -0.2) is 43.4 Å². The van der Waals surface area contributed by atoms with E-state index in [0.717, 1.165) is 0 Å². The molecule has 186 valence electrons. The smallest absolute Gasteiger partial charge is 0.163 e. The number of carbonyl (C=O) groups is 1. The molecule has 2 aromatic carbocycles. The van der Waals surface area contributed by atoms with E-state index in [2.05, 4.69) is 4.98 Å². The number of pyridine rings is 1. The van der Waals surface area contributed by atoms with E-state index in [0.29, 0.717) is 45.3 Å². The van der Waals surface area contributed by atoms with Crippen LogP contribution in [0.3, 0.4) is 0 Å². The molecule has 0 fully saturated rings. The topological polar surface area (TPSA) is 77.9 Å². The van der Waals surface area contributed by atoms with Crippen molar-refractivity contribution in [3.05, 3.63) is 71.2 Å². The highest BCUT2D eigenvalue weighted by molar-refractivity contribution is 5.96. The highest BCUT2D eigenvalue weighted by Gasteiger charge is 2.27. The van der Waals surface area contributed by atoms with Gasteiger partial charge in [0.05, 0.1) is 19.9 Å². The van der Waals surface area contributed by atoms with Crippen molar-refractivity contribution in [3.8, 4) is 28.5 Å². The summed E-state index contributed by atoms with van der Waals surface area (Å²) in [5, 5.41) is 11.2. The van der Waals surface area contributed by atoms with E-state index in [9.17, 15) is 18.7 Å². The number of carbonyl (C=O) groups excluding carboxylic acids is 1. The molecule has 6 nitrogen and oxygen atoms in total. The van der Waals surface area contributed by atoms with Crippen LogP contribution in [0.15, 0.2) is 48.5 Å². The lowest BCUT2D eigenvalue weighted by molar-refractivity contribution is 0.0397. The van der Waals surface area contributed by atoms with Crippen molar-refractivity contribution < 1.29 is 32.9 Å². The predicted octanol–water partition coefficient (Wildman–Crippen LogP) is 5.43. The molecule has 3 aromatic rings. The lowest BCUT2D eigenvalue weighted by Crippen LogP contribution is -2.24. The highest BCUT2D eigenvalue weighted by atomic mass is 19.1. The summed E-state index contributed by atoms with van der Waals surface area (Å²) in [6.45, 7) is 2.50. The largest absolute Gasteiger partial charge is 0.494 e. The molecule has 3 rings (SSSR count). The summed E-state index contributed by atoms with van der Waals surface area (Å²) < 4.78 is 42.1. The van der Waals surface area contributed by atoms with Crippen LogP contribution in [0.25, 0.3) is 11.3 Å². The summed E-state index contributed by atoms with van der Waals surface area (Å²) in [4.78, 5) is 17.4. The number of nitrogens with zero attached hydrogens (tertiary/aromatic N) is 1. The number of aromatic nitrogens is 1. The number of benzene rings is 2. The van der Waals surface area contributed by atoms with Gasteiger partial charge in [-0.3, -0.25) is 4.79 Å². The maximum atomic E-state index is 13.8. The molecular weight excluding hydrogens is 456 g/mol. The number of hydrogen-bond acceptors (Lipinski definition) is 6. The number of alkyl halides is 1. The molecule has 0 saturated heterocycles. The van der Waals surface area contributed by atoms with Gasteiger partial charge in [0.2, 0.25) is 0 Å². The Bertz CT molecular complexity index is 1200. The second-order valence-corrected chi connectivity index (χ2v) is 8.31. The molecule has 0 aliphatic carbocycles. The molecule has 8 heteroatoms. The van der Waals surface area contributed by atoms with Crippen molar-refractivity contribution in [2.45, 2.75) is 32.3 Å². The molecular formula is C27H29F2NO5. The van der Waals surface area contributed by atoms with Crippen LogP contribution >= 0.6 is 0 Å². The van der Waals surface area contributed by atoms with Crippen LogP contribution in [0, 0.1) is 12.7 Å². The Kier molecular flexibility index (Phi) is 8.40. The third kappa shape index (κ3) is 6.14. The number of ketones is 1. The first-order chi connectivity index (χ1) is 16.7. The zero-order valence-electron chi connectivity index (χ0n) is 20.2. The number of aryl methyl sites for hydroxylation is 1. The maximum Gasteiger partial charge on any atom is 0.163 e. The van der Waals surface area contributed by atoms with Gasteiger partial charge in [0, 0.05) is 17.5 Å². The number of rotatable bonds is 11. The Hall–Kier alpha value is -3.52. The van der Waals surface area contributed by atoms with Crippen LogP contribution in [0.2, 0.25) is 0 Å². The summed E-state index contributed by atoms with van der Waals surface area (Å²) in [5.41, 5.74) is 0.904. The minimum atomic E-state index is -1.42. The molecule has 1 heterocycles. The Labute approximate surface area is 203 Å². The lowest BCUT2D eigenvalue weighted by atomic mass is 9.92. The zero-order chi connectivity index (χ0) is 25.6. The molecule has 0 unspecified atom stereocenters.